The van der Waals surface area contributed by atoms with Gasteiger partial charge in [-0.1, -0.05) is 25.1 Å². The predicted octanol–water partition coefficient (Wildman–Crippen LogP) is 1.68. The summed E-state index contributed by atoms with van der Waals surface area (Å²) in [5.74, 6) is 0.730. The molecule has 0 aromatic heterocycles. The minimum absolute atomic E-state index is 0.347. The Morgan fingerprint density at radius 2 is 2.07 bits per heavy atom. The number of hydrogen-bond acceptors (Lipinski definition) is 3. The second-order valence-electron chi connectivity index (χ2n) is 3.90. The Bertz CT molecular complexity index is 312. The molecule has 0 aliphatic carbocycles. The number of hydrogen-bond donors (Lipinski definition) is 2. The fourth-order valence-electron chi connectivity index (χ4n) is 1.54. The average Bonchev–Trinajstić information content (AvgIpc) is 2.24. The standard InChI is InChI=1S/C12H19NO2/c1-9(7-13)6-10-4-3-5-11(8-15-2)12(10)14/h3-5,9,14H,6-8,13H2,1-2H3. The van der Waals surface area contributed by atoms with Crippen molar-refractivity contribution < 1.29 is 9.84 Å². The molecule has 0 saturated carbocycles. The lowest BCUT2D eigenvalue weighted by molar-refractivity contribution is 0.182. The first-order chi connectivity index (χ1) is 7.19. The molecule has 15 heavy (non-hydrogen) atoms. The van der Waals surface area contributed by atoms with Gasteiger partial charge >= 0.3 is 0 Å². The smallest absolute Gasteiger partial charge is 0.124 e. The Morgan fingerprint density at radius 1 is 1.40 bits per heavy atom. The second-order valence-corrected chi connectivity index (χ2v) is 3.90. The van der Waals surface area contributed by atoms with Crippen molar-refractivity contribution in [2.24, 2.45) is 11.7 Å². The molecule has 1 unspecified atom stereocenters. The van der Waals surface area contributed by atoms with Crippen LogP contribution in [-0.2, 0) is 17.8 Å². The molecule has 0 heterocycles. The Balaban J connectivity index is 2.84. The topological polar surface area (TPSA) is 55.5 Å². The van der Waals surface area contributed by atoms with Gasteiger partial charge in [0.2, 0.25) is 0 Å². The van der Waals surface area contributed by atoms with E-state index in [0.29, 0.717) is 24.8 Å². The summed E-state index contributed by atoms with van der Waals surface area (Å²) in [6.07, 6.45) is 0.805. The van der Waals surface area contributed by atoms with Crippen LogP contribution in [0.4, 0.5) is 0 Å². The van der Waals surface area contributed by atoms with Gasteiger partial charge in [0, 0.05) is 12.7 Å². The van der Waals surface area contributed by atoms with Crippen molar-refractivity contribution in [3.05, 3.63) is 29.3 Å². The molecule has 0 spiro atoms. The lowest BCUT2D eigenvalue weighted by Crippen LogP contribution is -2.13. The van der Waals surface area contributed by atoms with Gasteiger partial charge < -0.3 is 15.6 Å². The zero-order valence-electron chi connectivity index (χ0n) is 9.36. The summed E-state index contributed by atoms with van der Waals surface area (Å²) in [4.78, 5) is 0. The van der Waals surface area contributed by atoms with Gasteiger partial charge in [-0.3, -0.25) is 0 Å². The van der Waals surface area contributed by atoms with Crippen LogP contribution in [0, 0.1) is 5.92 Å². The largest absolute Gasteiger partial charge is 0.507 e. The molecule has 0 aliphatic rings. The van der Waals surface area contributed by atoms with Crippen molar-refractivity contribution in [2.45, 2.75) is 20.0 Å². The molecule has 0 amide bonds. The molecule has 84 valence electrons. The van der Waals surface area contributed by atoms with E-state index in [9.17, 15) is 5.11 Å². The van der Waals surface area contributed by atoms with Crippen LogP contribution in [0.2, 0.25) is 0 Å². The van der Waals surface area contributed by atoms with E-state index in [0.717, 1.165) is 17.5 Å². The Morgan fingerprint density at radius 3 is 2.67 bits per heavy atom. The van der Waals surface area contributed by atoms with Crippen LogP contribution in [0.25, 0.3) is 0 Å². The molecule has 0 radical (unpaired) electrons. The lowest BCUT2D eigenvalue weighted by Gasteiger charge is -2.12. The maximum Gasteiger partial charge on any atom is 0.124 e. The predicted molar refractivity (Wildman–Crippen MR) is 60.7 cm³/mol. The molecular formula is C12H19NO2. The fraction of sp³-hybridized carbons (Fsp3) is 0.500. The second kappa shape index (κ2) is 5.73. The van der Waals surface area contributed by atoms with Crippen molar-refractivity contribution in [2.75, 3.05) is 13.7 Å². The minimum atomic E-state index is 0.347. The van der Waals surface area contributed by atoms with Crippen LogP contribution in [0.5, 0.6) is 5.75 Å². The average molecular weight is 209 g/mol. The Labute approximate surface area is 90.9 Å². The fourth-order valence-corrected chi connectivity index (χ4v) is 1.54. The van der Waals surface area contributed by atoms with Gasteiger partial charge in [0.1, 0.15) is 5.75 Å². The molecule has 0 fully saturated rings. The van der Waals surface area contributed by atoms with Crippen molar-refractivity contribution in [3.8, 4) is 5.75 Å². The van der Waals surface area contributed by atoms with Gasteiger partial charge in [0.15, 0.2) is 0 Å². The Hall–Kier alpha value is -1.06. The van der Waals surface area contributed by atoms with Gasteiger partial charge in [-0.25, -0.2) is 0 Å². The van der Waals surface area contributed by atoms with Crippen LogP contribution in [0.3, 0.4) is 0 Å². The summed E-state index contributed by atoms with van der Waals surface area (Å²) in [6, 6.07) is 5.74. The highest BCUT2D eigenvalue weighted by atomic mass is 16.5. The zero-order valence-corrected chi connectivity index (χ0v) is 9.36. The monoisotopic (exact) mass is 209 g/mol. The number of methoxy groups -OCH3 is 1. The van der Waals surface area contributed by atoms with Crippen LogP contribution in [0.15, 0.2) is 18.2 Å². The van der Waals surface area contributed by atoms with E-state index in [1.165, 1.54) is 0 Å². The van der Waals surface area contributed by atoms with E-state index in [-0.39, 0.29) is 0 Å². The first-order valence-electron chi connectivity index (χ1n) is 5.17. The quantitative estimate of drug-likeness (QED) is 0.775. The third kappa shape index (κ3) is 3.22. The van der Waals surface area contributed by atoms with Crippen molar-refractivity contribution in [1.29, 1.82) is 0 Å². The summed E-state index contributed by atoms with van der Waals surface area (Å²) < 4.78 is 5.01. The number of rotatable bonds is 5. The first-order valence-corrected chi connectivity index (χ1v) is 5.17. The maximum atomic E-state index is 9.94. The van der Waals surface area contributed by atoms with Gasteiger partial charge in [-0.2, -0.15) is 0 Å². The maximum absolute atomic E-state index is 9.94. The van der Waals surface area contributed by atoms with Crippen molar-refractivity contribution in [3.63, 3.8) is 0 Å². The number of para-hydroxylation sites is 1. The number of ether oxygens (including phenoxy) is 1. The molecular weight excluding hydrogens is 190 g/mol. The first kappa shape index (κ1) is 12.0. The van der Waals surface area contributed by atoms with E-state index in [2.05, 4.69) is 6.92 Å². The van der Waals surface area contributed by atoms with Gasteiger partial charge in [0.25, 0.3) is 0 Å². The molecule has 0 aliphatic heterocycles. The third-order valence-corrected chi connectivity index (χ3v) is 2.47. The molecule has 1 aromatic carbocycles. The summed E-state index contributed by atoms with van der Waals surface area (Å²) in [5.41, 5.74) is 7.34. The lowest BCUT2D eigenvalue weighted by atomic mass is 9.98. The summed E-state index contributed by atoms with van der Waals surface area (Å²) in [7, 11) is 1.62. The molecule has 1 rings (SSSR count). The van der Waals surface area contributed by atoms with Crippen molar-refractivity contribution >= 4 is 0 Å². The summed E-state index contributed by atoms with van der Waals surface area (Å²) in [5, 5.41) is 9.94. The normalized spacial score (nSPS) is 12.7. The minimum Gasteiger partial charge on any atom is -0.507 e. The molecule has 1 aromatic rings. The highest BCUT2D eigenvalue weighted by Gasteiger charge is 2.09. The summed E-state index contributed by atoms with van der Waals surface area (Å²) >= 11 is 0. The molecule has 3 heteroatoms. The molecule has 3 nitrogen and oxygen atoms in total. The Kier molecular flexibility index (Phi) is 4.59. The van der Waals surface area contributed by atoms with Crippen molar-refractivity contribution in [1.82, 2.24) is 0 Å². The number of nitrogens with two attached hydrogens (primary N) is 1. The van der Waals surface area contributed by atoms with E-state index in [1.54, 1.807) is 7.11 Å². The van der Waals surface area contributed by atoms with E-state index < -0.39 is 0 Å². The number of aromatic hydroxyl groups is 1. The highest BCUT2D eigenvalue weighted by Crippen LogP contribution is 2.25. The summed E-state index contributed by atoms with van der Waals surface area (Å²) in [6.45, 7) is 3.15. The molecule has 0 saturated heterocycles. The number of phenols is 1. The number of benzene rings is 1. The van der Waals surface area contributed by atoms with Crippen LogP contribution in [-0.4, -0.2) is 18.8 Å². The number of phenolic OH excluding ortho intramolecular Hbond substituents is 1. The van der Waals surface area contributed by atoms with Crippen LogP contribution < -0.4 is 5.73 Å². The van der Waals surface area contributed by atoms with Crippen LogP contribution >= 0.6 is 0 Å². The van der Waals surface area contributed by atoms with E-state index in [1.807, 2.05) is 18.2 Å². The SMILES string of the molecule is COCc1cccc(CC(C)CN)c1O. The van der Waals surface area contributed by atoms with Crippen LogP contribution in [0.1, 0.15) is 18.1 Å². The van der Waals surface area contributed by atoms with Gasteiger partial charge in [0.05, 0.1) is 6.61 Å². The van der Waals surface area contributed by atoms with Gasteiger partial charge in [-0.15, -0.1) is 0 Å². The molecule has 1 atom stereocenters. The highest BCUT2D eigenvalue weighted by molar-refractivity contribution is 5.40. The molecule has 0 bridgehead atoms. The van der Waals surface area contributed by atoms with E-state index >= 15 is 0 Å². The zero-order chi connectivity index (χ0) is 11.3. The molecule has 3 N–H and O–H groups in total. The van der Waals surface area contributed by atoms with E-state index in [4.69, 9.17) is 10.5 Å². The van der Waals surface area contributed by atoms with Gasteiger partial charge in [-0.05, 0) is 24.4 Å². The third-order valence-electron chi connectivity index (χ3n) is 2.47.